The van der Waals surface area contributed by atoms with Crippen LogP contribution in [0.5, 0.6) is 0 Å². The summed E-state index contributed by atoms with van der Waals surface area (Å²) >= 11 is 5.83. The molecule has 2 rings (SSSR count). The summed E-state index contributed by atoms with van der Waals surface area (Å²) in [4.78, 5) is 11.9. The minimum absolute atomic E-state index is 0.270. The predicted molar refractivity (Wildman–Crippen MR) is 78.4 cm³/mol. The lowest BCUT2D eigenvalue weighted by Crippen LogP contribution is -2.35. The average molecular weight is 306 g/mol. The molecule has 0 bridgehead atoms. The fraction of sp³-hybridized carbons (Fsp3) is 0.917. The molecule has 110 valence electrons. The van der Waals surface area contributed by atoms with E-state index in [0.29, 0.717) is 6.61 Å². The smallest absolute Gasteiger partial charge is 0.336 e. The summed E-state index contributed by atoms with van der Waals surface area (Å²) in [5, 5.41) is 0. The van der Waals surface area contributed by atoms with E-state index in [1.54, 1.807) is 0 Å². The third kappa shape index (κ3) is 2.61. The molecule has 5 nitrogen and oxygen atoms in total. The number of hydrogen-bond donors (Lipinski definition) is 0. The summed E-state index contributed by atoms with van der Waals surface area (Å²) in [6.45, 7) is 9.86. The highest BCUT2D eigenvalue weighted by atomic mass is 32.5. The Hall–Kier alpha value is -0.000000000000000111. The molecule has 2 fully saturated rings. The Bertz CT molecular complexity index is 400. The average Bonchev–Trinajstić information content (AvgIpc) is 2.81. The first kappa shape index (κ1) is 15.4. The van der Waals surface area contributed by atoms with Gasteiger partial charge in [0.1, 0.15) is 0 Å². The Morgan fingerprint density at radius 2 is 1.89 bits per heavy atom. The van der Waals surface area contributed by atoms with E-state index in [4.69, 9.17) is 21.1 Å². The van der Waals surface area contributed by atoms with Gasteiger partial charge in [-0.2, -0.15) is 0 Å². The van der Waals surface area contributed by atoms with Crippen LogP contribution in [-0.2, 0) is 25.9 Å². The second kappa shape index (κ2) is 5.41. The molecule has 0 N–H and O–H groups in total. The van der Waals surface area contributed by atoms with E-state index in [1.807, 2.05) is 13.8 Å². The van der Waals surface area contributed by atoms with Crippen molar-refractivity contribution in [1.82, 2.24) is 9.34 Å². The standard InChI is InChI=1S/C12H23N2O3PS/c1-5-13-7-8-14(6-2)18(13,19)17-10-11(15)16-9-12(10,3)4/h10H,5-9H2,1-4H3. The second-order valence-electron chi connectivity index (χ2n) is 5.66. The van der Waals surface area contributed by atoms with Gasteiger partial charge in [-0.1, -0.05) is 27.7 Å². The van der Waals surface area contributed by atoms with E-state index in [0.717, 1.165) is 26.2 Å². The fourth-order valence-corrected chi connectivity index (χ4v) is 6.63. The molecular formula is C12H23N2O3PS. The number of likely N-dealkylation sites (N-methyl/N-ethyl adjacent to an activating group) is 2. The van der Waals surface area contributed by atoms with Crippen molar-refractivity contribution in [2.75, 3.05) is 32.8 Å². The maximum Gasteiger partial charge on any atom is 0.336 e. The zero-order valence-corrected chi connectivity index (χ0v) is 13.8. The zero-order chi connectivity index (χ0) is 14.3. The Kier molecular flexibility index (Phi) is 4.38. The van der Waals surface area contributed by atoms with E-state index in [1.165, 1.54) is 0 Å². The van der Waals surface area contributed by atoms with Gasteiger partial charge < -0.3 is 9.26 Å². The van der Waals surface area contributed by atoms with Gasteiger partial charge in [-0.3, -0.25) is 0 Å². The number of esters is 1. The predicted octanol–water partition coefficient (Wildman–Crippen LogP) is 1.84. The largest absolute Gasteiger partial charge is 0.463 e. The number of carbonyl (C=O) groups excluding carboxylic acids is 1. The van der Waals surface area contributed by atoms with Crippen molar-refractivity contribution in [3.8, 4) is 0 Å². The van der Waals surface area contributed by atoms with Crippen LogP contribution in [0.4, 0.5) is 0 Å². The number of nitrogens with zero attached hydrogens (tertiary/aromatic N) is 2. The molecule has 2 heterocycles. The molecule has 0 spiro atoms. The Labute approximate surface area is 120 Å². The lowest BCUT2D eigenvalue weighted by molar-refractivity contribution is -0.143. The number of ether oxygens (including phenoxy) is 1. The van der Waals surface area contributed by atoms with Gasteiger partial charge in [0.15, 0.2) is 6.10 Å². The molecule has 0 aromatic rings. The van der Waals surface area contributed by atoms with Gasteiger partial charge in [0, 0.05) is 31.6 Å². The minimum Gasteiger partial charge on any atom is -0.463 e. The molecule has 0 radical (unpaired) electrons. The first-order valence-electron chi connectivity index (χ1n) is 6.81. The molecule has 0 aliphatic carbocycles. The van der Waals surface area contributed by atoms with Crippen molar-refractivity contribution in [3.05, 3.63) is 0 Å². The van der Waals surface area contributed by atoms with Crippen LogP contribution in [0.2, 0.25) is 0 Å². The second-order valence-corrected chi connectivity index (χ2v) is 9.42. The zero-order valence-electron chi connectivity index (χ0n) is 12.1. The maximum absolute atomic E-state index is 11.9. The molecular weight excluding hydrogens is 283 g/mol. The van der Waals surface area contributed by atoms with E-state index < -0.39 is 12.7 Å². The molecule has 1 unspecified atom stereocenters. The van der Waals surface area contributed by atoms with Crippen molar-refractivity contribution in [2.45, 2.75) is 33.8 Å². The maximum atomic E-state index is 11.9. The van der Waals surface area contributed by atoms with Crippen LogP contribution in [0.25, 0.3) is 0 Å². The first-order valence-corrected chi connectivity index (χ1v) is 9.43. The molecule has 0 amide bonds. The van der Waals surface area contributed by atoms with E-state index in [-0.39, 0.29) is 11.4 Å². The lowest BCUT2D eigenvalue weighted by Gasteiger charge is -2.36. The summed E-state index contributed by atoms with van der Waals surface area (Å²) in [7, 11) is 0. The van der Waals surface area contributed by atoms with Crippen LogP contribution in [0.3, 0.4) is 0 Å². The van der Waals surface area contributed by atoms with Crippen LogP contribution < -0.4 is 0 Å². The minimum atomic E-state index is -2.26. The highest BCUT2D eigenvalue weighted by Gasteiger charge is 2.50. The van der Waals surface area contributed by atoms with Crippen molar-refractivity contribution in [2.24, 2.45) is 5.41 Å². The van der Waals surface area contributed by atoms with Gasteiger partial charge in [0.05, 0.1) is 6.61 Å². The van der Waals surface area contributed by atoms with Gasteiger partial charge in [0.25, 0.3) is 0 Å². The molecule has 2 aliphatic heterocycles. The van der Waals surface area contributed by atoms with Crippen LogP contribution in [-0.4, -0.2) is 54.2 Å². The van der Waals surface area contributed by atoms with Crippen molar-refractivity contribution < 1.29 is 14.1 Å². The normalized spacial score (nSPS) is 30.7. The summed E-state index contributed by atoms with van der Waals surface area (Å²) in [6, 6.07) is 0. The van der Waals surface area contributed by atoms with Gasteiger partial charge in [-0.15, -0.1) is 0 Å². The highest BCUT2D eigenvalue weighted by molar-refractivity contribution is 8.10. The van der Waals surface area contributed by atoms with Crippen molar-refractivity contribution >= 4 is 24.3 Å². The molecule has 19 heavy (non-hydrogen) atoms. The monoisotopic (exact) mass is 306 g/mol. The number of rotatable bonds is 4. The van der Waals surface area contributed by atoms with Crippen LogP contribution in [0.1, 0.15) is 27.7 Å². The SMILES string of the molecule is CCN1CCN(CC)P1(=S)OC1C(=O)OCC1(C)C. The summed E-state index contributed by atoms with van der Waals surface area (Å²) in [6.07, 6.45) is -0.542. The van der Waals surface area contributed by atoms with Crippen LogP contribution >= 0.6 is 6.57 Å². The summed E-state index contributed by atoms with van der Waals surface area (Å²) in [5.74, 6) is -0.270. The van der Waals surface area contributed by atoms with Gasteiger partial charge in [-0.05, 0) is 11.8 Å². The molecule has 2 saturated heterocycles. The van der Waals surface area contributed by atoms with Crippen LogP contribution in [0.15, 0.2) is 0 Å². The van der Waals surface area contributed by atoms with E-state index in [2.05, 4.69) is 23.2 Å². The quantitative estimate of drug-likeness (QED) is 0.583. The van der Waals surface area contributed by atoms with Gasteiger partial charge in [-0.25, -0.2) is 14.1 Å². The first-order chi connectivity index (χ1) is 8.85. The highest BCUT2D eigenvalue weighted by Crippen LogP contribution is 2.60. The molecule has 0 aromatic heterocycles. The Morgan fingerprint density at radius 3 is 2.26 bits per heavy atom. The van der Waals surface area contributed by atoms with Crippen LogP contribution in [0, 0.1) is 5.41 Å². The number of cyclic esters (lactones) is 1. The summed E-state index contributed by atoms with van der Waals surface area (Å²) < 4.78 is 15.7. The van der Waals surface area contributed by atoms with E-state index >= 15 is 0 Å². The number of hydrogen-bond acceptors (Lipinski definition) is 4. The number of carbonyl (C=O) groups is 1. The Morgan fingerprint density at radius 1 is 1.37 bits per heavy atom. The molecule has 0 aromatic carbocycles. The van der Waals surface area contributed by atoms with Crippen molar-refractivity contribution in [3.63, 3.8) is 0 Å². The topological polar surface area (TPSA) is 42.0 Å². The summed E-state index contributed by atoms with van der Waals surface area (Å²) in [5.41, 5.74) is -0.301. The Balaban J connectivity index is 2.24. The molecule has 1 atom stereocenters. The molecule has 0 saturated carbocycles. The molecule has 2 aliphatic rings. The fourth-order valence-electron chi connectivity index (χ4n) is 2.52. The van der Waals surface area contributed by atoms with Gasteiger partial charge in [0.2, 0.25) is 6.57 Å². The lowest BCUT2D eigenvalue weighted by atomic mass is 9.90. The molecule has 7 heteroatoms. The third-order valence-corrected chi connectivity index (χ3v) is 8.34. The van der Waals surface area contributed by atoms with E-state index in [9.17, 15) is 4.79 Å². The van der Waals surface area contributed by atoms with Gasteiger partial charge >= 0.3 is 5.97 Å². The van der Waals surface area contributed by atoms with Crippen molar-refractivity contribution in [1.29, 1.82) is 0 Å². The third-order valence-electron chi connectivity index (χ3n) is 3.81.